The van der Waals surface area contributed by atoms with Crippen LogP contribution >= 0.6 is 23.1 Å². The lowest BCUT2D eigenvalue weighted by atomic mass is 10.1. The molecule has 0 radical (unpaired) electrons. The van der Waals surface area contributed by atoms with E-state index >= 15 is 0 Å². The van der Waals surface area contributed by atoms with Crippen LogP contribution in [0.4, 0.5) is 0 Å². The van der Waals surface area contributed by atoms with E-state index in [0.717, 1.165) is 22.5 Å². The van der Waals surface area contributed by atoms with Gasteiger partial charge >= 0.3 is 0 Å². The monoisotopic (exact) mass is 433 g/mol. The van der Waals surface area contributed by atoms with Gasteiger partial charge < -0.3 is 0 Å². The Balaban J connectivity index is 1.46. The summed E-state index contributed by atoms with van der Waals surface area (Å²) in [5.41, 5.74) is 3.94. The van der Waals surface area contributed by atoms with Crippen molar-refractivity contribution in [3.8, 4) is 23.7 Å². The van der Waals surface area contributed by atoms with Crippen molar-refractivity contribution in [3.63, 3.8) is 0 Å². The lowest BCUT2D eigenvalue weighted by molar-refractivity contribution is 0.290. The number of terminal acetylenes is 1. The van der Waals surface area contributed by atoms with Gasteiger partial charge in [-0.25, -0.2) is 7.91 Å². The topological polar surface area (TPSA) is 47.2 Å². The first-order valence-corrected chi connectivity index (χ1v) is 11.0. The molecular formula is C23H19N3O2S2. The number of rotatable bonds is 7. The highest BCUT2D eigenvalue weighted by molar-refractivity contribution is 7.04. The van der Waals surface area contributed by atoms with Gasteiger partial charge in [0.25, 0.3) is 11.1 Å². The minimum absolute atomic E-state index is 0.0185. The van der Waals surface area contributed by atoms with E-state index in [1.54, 1.807) is 30.8 Å². The molecule has 150 valence electrons. The molecule has 0 unspecified atom stereocenters. The summed E-state index contributed by atoms with van der Waals surface area (Å²) in [6.07, 6.45) is 5.58. The first-order valence-electron chi connectivity index (χ1n) is 9.32. The maximum atomic E-state index is 11.8. The van der Waals surface area contributed by atoms with Crippen molar-refractivity contribution in [1.82, 2.24) is 12.8 Å². The normalized spacial score (nSPS) is 10.9. The molecule has 4 rings (SSSR count). The van der Waals surface area contributed by atoms with E-state index in [-0.39, 0.29) is 11.1 Å². The average molecular weight is 434 g/mol. The minimum atomic E-state index is -0.0185. The Hall–Kier alpha value is -3.18. The molecule has 5 nitrogen and oxygen atoms in total. The van der Waals surface area contributed by atoms with E-state index in [4.69, 9.17) is 6.42 Å². The van der Waals surface area contributed by atoms with Gasteiger partial charge in [0, 0.05) is 36.0 Å². The molecule has 0 spiro atoms. The third-order valence-corrected chi connectivity index (χ3v) is 6.34. The number of hydrogen-bond donors (Lipinski definition) is 0. The Kier molecular flexibility index (Phi) is 6.10. The maximum Gasteiger partial charge on any atom is 0.265 e. The van der Waals surface area contributed by atoms with Crippen molar-refractivity contribution in [2.75, 3.05) is 6.54 Å². The fourth-order valence-corrected chi connectivity index (χ4v) is 4.62. The largest absolute Gasteiger partial charge is 0.284 e. The molecule has 7 heteroatoms. The zero-order valence-corrected chi connectivity index (χ0v) is 17.7. The van der Waals surface area contributed by atoms with Crippen LogP contribution in [-0.2, 0) is 13.1 Å². The van der Waals surface area contributed by atoms with Crippen LogP contribution in [0.3, 0.4) is 0 Å². The van der Waals surface area contributed by atoms with E-state index in [9.17, 15) is 9.59 Å². The van der Waals surface area contributed by atoms with Crippen molar-refractivity contribution in [1.29, 1.82) is 0 Å². The molecule has 0 saturated heterocycles. The fourth-order valence-electron chi connectivity index (χ4n) is 3.20. The second-order valence-corrected chi connectivity index (χ2v) is 8.46. The van der Waals surface area contributed by atoms with Gasteiger partial charge in [-0.15, -0.1) is 6.42 Å². The fraction of sp³-hybridized carbons (Fsp3) is 0.130. The first-order chi connectivity index (χ1) is 14.6. The van der Waals surface area contributed by atoms with Gasteiger partial charge in [-0.05, 0) is 35.4 Å². The zero-order chi connectivity index (χ0) is 20.9. The number of nitrogens with zero attached hydrogens (tertiary/aromatic N) is 3. The van der Waals surface area contributed by atoms with Gasteiger partial charge in [-0.2, -0.15) is 0 Å². The quantitative estimate of drug-likeness (QED) is 0.417. The summed E-state index contributed by atoms with van der Waals surface area (Å²) in [6.45, 7) is 1.93. The first kappa shape index (κ1) is 20.1. The standard InChI is InChI=1S/C23H19N3O2S2/c1-2-13-24(16-18-3-7-20(8-4-18)25-22(27)11-14-29-25)17-19-5-9-21(10-6-19)26-23(28)12-15-30-26/h1,3-12,14-15H,13,16-17H2. The molecule has 2 aromatic carbocycles. The smallest absolute Gasteiger partial charge is 0.265 e. The molecule has 30 heavy (non-hydrogen) atoms. The molecule has 0 saturated carbocycles. The van der Waals surface area contributed by atoms with Crippen LogP contribution < -0.4 is 11.1 Å². The summed E-state index contributed by atoms with van der Waals surface area (Å²) >= 11 is 2.76. The average Bonchev–Trinajstić information content (AvgIpc) is 3.37. The van der Waals surface area contributed by atoms with Gasteiger partial charge in [0.1, 0.15) is 0 Å². The molecule has 0 atom stereocenters. The van der Waals surface area contributed by atoms with E-state index in [1.165, 1.54) is 23.1 Å². The van der Waals surface area contributed by atoms with Crippen molar-refractivity contribution in [2.45, 2.75) is 13.1 Å². The van der Waals surface area contributed by atoms with E-state index in [1.807, 2.05) is 48.5 Å². The SMILES string of the molecule is C#CCN(Cc1ccc(-n2sccc2=O)cc1)Cc1ccc(-n2sccc2=O)cc1. The van der Waals surface area contributed by atoms with Gasteiger partial charge in [0.05, 0.1) is 17.9 Å². The Labute approximate surface area is 182 Å². The van der Waals surface area contributed by atoms with Crippen LogP contribution in [0, 0.1) is 12.3 Å². The van der Waals surface area contributed by atoms with E-state index < -0.39 is 0 Å². The summed E-state index contributed by atoms with van der Waals surface area (Å²) in [5.74, 6) is 2.73. The molecule has 0 aliphatic rings. The predicted octanol–water partition coefficient (Wildman–Crippen LogP) is 3.75. The van der Waals surface area contributed by atoms with Gasteiger partial charge in [-0.1, -0.05) is 53.3 Å². The van der Waals surface area contributed by atoms with Crippen LogP contribution in [0.2, 0.25) is 0 Å². The van der Waals surface area contributed by atoms with Crippen molar-refractivity contribution < 1.29 is 0 Å². The van der Waals surface area contributed by atoms with E-state index in [2.05, 4.69) is 10.8 Å². The van der Waals surface area contributed by atoms with E-state index in [0.29, 0.717) is 19.6 Å². The molecule has 4 aromatic rings. The molecule has 2 heterocycles. The van der Waals surface area contributed by atoms with Crippen molar-refractivity contribution >= 4 is 23.1 Å². The van der Waals surface area contributed by atoms with Crippen molar-refractivity contribution in [3.05, 3.63) is 103 Å². The molecule has 0 amide bonds. The van der Waals surface area contributed by atoms with Gasteiger partial charge in [0.15, 0.2) is 0 Å². The summed E-state index contributed by atoms with van der Waals surface area (Å²) < 4.78 is 3.31. The molecule has 0 aliphatic heterocycles. The van der Waals surface area contributed by atoms with Crippen LogP contribution in [0.25, 0.3) is 11.4 Å². The Morgan fingerprint density at radius 2 is 1.17 bits per heavy atom. The lowest BCUT2D eigenvalue weighted by Gasteiger charge is -2.20. The third kappa shape index (κ3) is 4.52. The highest BCUT2D eigenvalue weighted by Crippen LogP contribution is 2.16. The molecule has 0 fully saturated rings. The second-order valence-electron chi connectivity index (χ2n) is 6.76. The van der Waals surface area contributed by atoms with Crippen molar-refractivity contribution in [2.24, 2.45) is 0 Å². The Bertz CT molecular complexity index is 1180. The van der Waals surface area contributed by atoms with Crippen LogP contribution in [-0.4, -0.2) is 19.4 Å². The number of hydrogen-bond acceptors (Lipinski definition) is 5. The third-order valence-electron chi connectivity index (χ3n) is 4.62. The Morgan fingerprint density at radius 3 is 1.50 bits per heavy atom. The summed E-state index contributed by atoms with van der Waals surface area (Å²) in [6, 6.07) is 19.0. The highest BCUT2D eigenvalue weighted by atomic mass is 32.1. The summed E-state index contributed by atoms with van der Waals surface area (Å²) in [4.78, 5) is 25.8. The molecule has 0 N–H and O–H groups in total. The second kappa shape index (κ2) is 9.09. The zero-order valence-electron chi connectivity index (χ0n) is 16.1. The van der Waals surface area contributed by atoms with Gasteiger partial charge in [-0.3, -0.25) is 14.5 Å². The molecular weight excluding hydrogens is 414 g/mol. The maximum absolute atomic E-state index is 11.8. The molecule has 0 aliphatic carbocycles. The lowest BCUT2D eigenvalue weighted by Crippen LogP contribution is -2.23. The van der Waals surface area contributed by atoms with Crippen LogP contribution in [0.15, 0.2) is 81.0 Å². The minimum Gasteiger partial charge on any atom is -0.284 e. The van der Waals surface area contributed by atoms with Gasteiger partial charge in [0.2, 0.25) is 0 Å². The number of benzene rings is 2. The molecule has 2 aromatic heterocycles. The number of aromatic nitrogens is 2. The Morgan fingerprint density at radius 1 is 0.733 bits per heavy atom. The predicted molar refractivity (Wildman–Crippen MR) is 123 cm³/mol. The summed E-state index contributed by atoms with van der Waals surface area (Å²) in [5, 5.41) is 3.57. The summed E-state index contributed by atoms with van der Waals surface area (Å²) in [7, 11) is 0. The van der Waals surface area contributed by atoms with Crippen LogP contribution in [0.1, 0.15) is 11.1 Å². The van der Waals surface area contributed by atoms with Crippen LogP contribution in [0.5, 0.6) is 0 Å². The highest BCUT2D eigenvalue weighted by Gasteiger charge is 2.08. The molecule has 0 bridgehead atoms.